The quantitative estimate of drug-likeness (QED) is 0.317. The van der Waals surface area contributed by atoms with Crippen molar-refractivity contribution in [3.8, 4) is 16.9 Å². The molecule has 1 aliphatic rings. The highest BCUT2D eigenvalue weighted by Crippen LogP contribution is 2.34. The minimum absolute atomic E-state index is 0.135. The summed E-state index contributed by atoms with van der Waals surface area (Å²) in [7, 11) is 1.28. The van der Waals surface area contributed by atoms with E-state index >= 15 is 0 Å². The maximum Gasteiger partial charge on any atom is 0.201 e. The van der Waals surface area contributed by atoms with Gasteiger partial charge in [0.1, 0.15) is 0 Å². The summed E-state index contributed by atoms with van der Waals surface area (Å²) >= 11 is 0. The SMILES string of the molecule is CCC1CC=C(c2ccc(CCc3ccc(-c4ccc(OC)c(F)c4F)cc3)c(F)c2F)CC1. The predicted molar refractivity (Wildman–Crippen MR) is 128 cm³/mol. The van der Waals surface area contributed by atoms with Crippen molar-refractivity contribution in [3.63, 3.8) is 0 Å². The standard InChI is InChI=1S/C29H28F4O/c1-3-18-4-9-20(10-5-18)23-15-14-22(26(30)27(23)31)13-8-19-6-11-21(12-7-19)24-16-17-25(34-2)29(33)28(24)32/h6-7,9,11-12,14-18H,3-5,8,10,13H2,1-2H3. The monoisotopic (exact) mass is 468 g/mol. The second-order valence-electron chi connectivity index (χ2n) is 8.82. The number of halogens is 4. The second kappa shape index (κ2) is 10.5. The van der Waals surface area contributed by atoms with Crippen LogP contribution in [0.1, 0.15) is 49.3 Å². The minimum atomic E-state index is -1.03. The molecule has 0 aliphatic heterocycles. The first-order valence-electron chi connectivity index (χ1n) is 11.7. The Hall–Kier alpha value is -3.08. The van der Waals surface area contributed by atoms with E-state index in [1.54, 1.807) is 36.4 Å². The van der Waals surface area contributed by atoms with E-state index in [1.165, 1.54) is 19.2 Å². The van der Waals surface area contributed by atoms with E-state index in [2.05, 4.69) is 6.92 Å². The fourth-order valence-electron chi connectivity index (χ4n) is 4.58. The number of hydrogen-bond acceptors (Lipinski definition) is 1. The van der Waals surface area contributed by atoms with E-state index in [9.17, 15) is 17.6 Å². The molecule has 0 saturated heterocycles. The summed E-state index contributed by atoms with van der Waals surface area (Å²) < 4.78 is 62.8. The van der Waals surface area contributed by atoms with Crippen LogP contribution in [0.2, 0.25) is 0 Å². The van der Waals surface area contributed by atoms with Crippen LogP contribution >= 0.6 is 0 Å². The predicted octanol–water partition coefficient (Wildman–Crippen LogP) is 8.30. The number of rotatable bonds is 7. The highest BCUT2D eigenvalue weighted by molar-refractivity contribution is 5.67. The first-order valence-corrected chi connectivity index (χ1v) is 11.7. The van der Waals surface area contributed by atoms with Crippen LogP contribution in [-0.2, 0) is 12.8 Å². The van der Waals surface area contributed by atoms with Gasteiger partial charge in [-0.05, 0) is 72.4 Å². The molecule has 1 unspecified atom stereocenters. The lowest BCUT2D eigenvalue weighted by molar-refractivity contribution is 0.372. The van der Waals surface area contributed by atoms with Crippen molar-refractivity contribution in [2.45, 2.75) is 45.4 Å². The molecule has 0 spiro atoms. The van der Waals surface area contributed by atoms with Crippen LogP contribution in [0.5, 0.6) is 5.75 Å². The highest BCUT2D eigenvalue weighted by Gasteiger charge is 2.20. The van der Waals surface area contributed by atoms with Crippen molar-refractivity contribution in [1.29, 1.82) is 0 Å². The molecule has 1 atom stereocenters. The normalized spacial score (nSPS) is 15.8. The van der Waals surface area contributed by atoms with Crippen molar-refractivity contribution in [3.05, 3.63) is 94.6 Å². The third-order valence-electron chi connectivity index (χ3n) is 6.82. The molecule has 0 fully saturated rings. The molecule has 3 aromatic rings. The van der Waals surface area contributed by atoms with E-state index in [1.807, 2.05) is 6.08 Å². The summed E-state index contributed by atoms with van der Waals surface area (Å²) in [5, 5.41) is 0. The van der Waals surface area contributed by atoms with Crippen LogP contribution in [0, 0.1) is 29.2 Å². The van der Waals surface area contributed by atoms with Gasteiger partial charge in [0.15, 0.2) is 23.2 Å². The Balaban J connectivity index is 1.45. The van der Waals surface area contributed by atoms with Gasteiger partial charge in [-0.15, -0.1) is 0 Å². The van der Waals surface area contributed by atoms with Crippen LogP contribution in [0.3, 0.4) is 0 Å². The van der Waals surface area contributed by atoms with Crippen molar-refractivity contribution in [2.24, 2.45) is 5.92 Å². The smallest absolute Gasteiger partial charge is 0.201 e. The molecule has 3 aromatic carbocycles. The second-order valence-corrected chi connectivity index (χ2v) is 8.82. The van der Waals surface area contributed by atoms with Gasteiger partial charge in [0.2, 0.25) is 5.82 Å². The molecular weight excluding hydrogens is 440 g/mol. The van der Waals surface area contributed by atoms with Gasteiger partial charge < -0.3 is 4.74 Å². The number of methoxy groups -OCH3 is 1. The molecule has 0 N–H and O–H groups in total. The number of benzene rings is 3. The van der Waals surface area contributed by atoms with Gasteiger partial charge in [-0.1, -0.05) is 55.8 Å². The number of ether oxygens (including phenoxy) is 1. The number of allylic oxidation sites excluding steroid dienone is 2. The molecule has 0 bridgehead atoms. The van der Waals surface area contributed by atoms with Gasteiger partial charge in [0, 0.05) is 11.1 Å². The van der Waals surface area contributed by atoms with Crippen LogP contribution in [0.4, 0.5) is 17.6 Å². The fourth-order valence-corrected chi connectivity index (χ4v) is 4.58. The lowest BCUT2D eigenvalue weighted by Crippen LogP contribution is -2.07. The van der Waals surface area contributed by atoms with Crippen molar-refractivity contribution in [2.75, 3.05) is 7.11 Å². The average molecular weight is 469 g/mol. The zero-order valence-corrected chi connectivity index (χ0v) is 19.4. The minimum Gasteiger partial charge on any atom is -0.494 e. The van der Waals surface area contributed by atoms with E-state index in [-0.39, 0.29) is 11.3 Å². The molecule has 0 amide bonds. The van der Waals surface area contributed by atoms with E-state index < -0.39 is 23.3 Å². The topological polar surface area (TPSA) is 9.23 Å². The maximum atomic E-state index is 14.8. The Morgan fingerprint density at radius 3 is 2.15 bits per heavy atom. The molecule has 178 valence electrons. The van der Waals surface area contributed by atoms with Gasteiger partial charge in [0.25, 0.3) is 0 Å². The van der Waals surface area contributed by atoms with Crippen molar-refractivity contribution >= 4 is 5.57 Å². The van der Waals surface area contributed by atoms with Crippen molar-refractivity contribution < 1.29 is 22.3 Å². The molecule has 0 radical (unpaired) electrons. The van der Waals surface area contributed by atoms with Gasteiger partial charge in [-0.3, -0.25) is 0 Å². The van der Waals surface area contributed by atoms with Crippen molar-refractivity contribution in [1.82, 2.24) is 0 Å². The average Bonchev–Trinajstić information content (AvgIpc) is 2.87. The largest absolute Gasteiger partial charge is 0.494 e. The van der Waals surface area contributed by atoms with E-state index in [0.29, 0.717) is 35.4 Å². The van der Waals surface area contributed by atoms with Crippen LogP contribution in [-0.4, -0.2) is 7.11 Å². The Labute approximate surface area is 198 Å². The van der Waals surface area contributed by atoms with E-state index in [4.69, 9.17) is 4.74 Å². The highest BCUT2D eigenvalue weighted by atomic mass is 19.2. The first-order chi connectivity index (χ1) is 16.4. The molecule has 4 rings (SSSR count). The van der Waals surface area contributed by atoms with Gasteiger partial charge in [-0.2, -0.15) is 4.39 Å². The fraction of sp³-hybridized carbons (Fsp3) is 0.310. The molecule has 1 aliphatic carbocycles. The molecule has 34 heavy (non-hydrogen) atoms. The van der Waals surface area contributed by atoms with Gasteiger partial charge in [0.05, 0.1) is 7.11 Å². The Morgan fingerprint density at radius 2 is 1.50 bits per heavy atom. The first kappa shape index (κ1) is 24.1. The molecule has 1 nitrogen and oxygen atoms in total. The van der Waals surface area contributed by atoms with Gasteiger partial charge >= 0.3 is 0 Å². The molecule has 0 aromatic heterocycles. The molecule has 5 heteroatoms. The van der Waals surface area contributed by atoms with Gasteiger partial charge in [-0.25, -0.2) is 13.2 Å². The summed E-state index contributed by atoms with van der Waals surface area (Å²) in [6.45, 7) is 2.16. The summed E-state index contributed by atoms with van der Waals surface area (Å²) in [5.41, 5.74) is 3.14. The Bertz CT molecular complexity index is 1200. The summed E-state index contributed by atoms with van der Waals surface area (Å²) in [4.78, 5) is 0. The lowest BCUT2D eigenvalue weighted by Gasteiger charge is -2.21. The zero-order valence-electron chi connectivity index (χ0n) is 19.4. The summed E-state index contributed by atoms with van der Waals surface area (Å²) in [6, 6.07) is 13.2. The molecule has 0 saturated carbocycles. The third-order valence-corrected chi connectivity index (χ3v) is 6.82. The Kier molecular flexibility index (Phi) is 7.40. The summed E-state index contributed by atoms with van der Waals surface area (Å²) in [5.74, 6) is -3.08. The Morgan fingerprint density at radius 1 is 0.794 bits per heavy atom. The number of aryl methyl sites for hydroxylation is 2. The third kappa shape index (κ3) is 4.89. The summed E-state index contributed by atoms with van der Waals surface area (Å²) in [6.07, 6.45) is 6.69. The number of hydrogen-bond donors (Lipinski definition) is 0. The van der Waals surface area contributed by atoms with Crippen LogP contribution in [0.25, 0.3) is 16.7 Å². The van der Waals surface area contributed by atoms with E-state index in [0.717, 1.165) is 36.8 Å². The van der Waals surface area contributed by atoms with Crippen LogP contribution < -0.4 is 4.74 Å². The lowest BCUT2D eigenvalue weighted by atomic mass is 9.85. The zero-order chi connectivity index (χ0) is 24.2. The molecule has 0 heterocycles. The molecular formula is C29H28F4O. The van der Waals surface area contributed by atoms with Crippen LogP contribution in [0.15, 0.2) is 54.6 Å². The maximum absolute atomic E-state index is 14.8.